The lowest BCUT2D eigenvalue weighted by atomic mass is 10.2. The van der Waals surface area contributed by atoms with E-state index >= 15 is 0 Å². The van der Waals surface area contributed by atoms with Crippen molar-refractivity contribution in [3.05, 3.63) is 11.5 Å². The van der Waals surface area contributed by atoms with Crippen LogP contribution in [0.25, 0.3) is 0 Å². The number of carbonyl (C=O) groups is 1. The van der Waals surface area contributed by atoms with Gasteiger partial charge >= 0.3 is 0 Å². The highest BCUT2D eigenvalue weighted by molar-refractivity contribution is 7.99. The molecule has 1 saturated heterocycles. The number of amides is 1. The lowest BCUT2D eigenvalue weighted by Gasteiger charge is -2.22. The molecule has 1 aromatic rings. The van der Waals surface area contributed by atoms with Gasteiger partial charge in [-0.1, -0.05) is 12.1 Å². The molecular formula is C12H19N3O2S. The van der Waals surface area contributed by atoms with Crippen LogP contribution < -0.4 is 10.6 Å². The van der Waals surface area contributed by atoms with E-state index < -0.39 is 0 Å². The van der Waals surface area contributed by atoms with E-state index in [1.165, 1.54) is 0 Å². The van der Waals surface area contributed by atoms with Crippen LogP contribution in [0.4, 0.5) is 5.69 Å². The number of nitrogens with one attached hydrogen (secondary N) is 2. The van der Waals surface area contributed by atoms with Crippen molar-refractivity contribution in [2.24, 2.45) is 0 Å². The Kier molecular flexibility index (Phi) is 4.66. The zero-order valence-electron chi connectivity index (χ0n) is 10.8. The van der Waals surface area contributed by atoms with Crippen LogP contribution in [0.3, 0.4) is 0 Å². The van der Waals surface area contributed by atoms with Crippen LogP contribution in [0.1, 0.15) is 24.8 Å². The van der Waals surface area contributed by atoms with Gasteiger partial charge < -0.3 is 15.2 Å². The monoisotopic (exact) mass is 269 g/mol. The first-order valence-corrected chi connectivity index (χ1v) is 7.42. The molecule has 2 rings (SSSR count). The topological polar surface area (TPSA) is 67.2 Å². The molecule has 0 aromatic carbocycles. The zero-order chi connectivity index (χ0) is 13.0. The summed E-state index contributed by atoms with van der Waals surface area (Å²) in [6.45, 7) is 4.79. The van der Waals surface area contributed by atoms with Gasteiger partial charge in [0.15, 0.2) is 5.76 Å². The number of hydrogen-bond acceptors (Lipinski definition) is 5. The number of aromatic nitrogens is 1. The predicted octanol–water partition coefficient (Wildman–Crippen LogP) is 1.58. The molecule has 1 aromatic heterocycles. The van der Waals surface area contributed by atoms with Crippen molar-refractivity contribution in [3.8, 4) is 0 Å². The van der Waals surface area contributed by atoms with Crippen LogP contribution >= 0.6 is 11.8 Å². The average molecular weight is 269 g/mol. The fourth-order valence-electron chi connectivity index (χ4n) is 1.98. The third-order valence-corrected chi connectivity index (χ3v) is 4.09. The first-order valence-electron chi connectivity index (χ1n) is 6.26. The standard InChI is InChI=1S/C12H19N3O2S/c1-3-10-12(8(2)17-15-10)14-11(16)6-9-7-18-5-4-13-9/h9,13H,3-7H2,1-2H3,(H,14,16). The van der Waals surface area contributed by atoms with Crippen molar-refractivity contribution in [3.63, 3.8) is 0 Å². The van der Waals surface area contributed by atoms with E-state index in [1.807, 2.05) is 25.6 Å². The molecule has 2 N–H and O–H groups in total. The summed E-state index contributed by atoms with van der Waals surface area (Å²) in [5.41, 5.74) is 1.55. The van der Waals surface area contributed by atoms with Gasteiger partial charge in [-0.15, -0.1) is 0 Å². The first-order chi connectivity index (χ1) is 8.70. The van der Waals surface area contributed by atoms with Crippen LogP contribution in [0, 0.1) is 6.92 Å². The third-order valence-electron chi connectivity index (χ3n) is 2.96. The molecule has 100 valence electrons. The Morgan fingerprint density at radius 3 is 3.17 bits per heavy atom. The van der Waals surface area contributed by atoms with Crippen molar-refractivity contribution in [2.45, 2.75) is 32.7 Å². The molecule has 2 heterocycles. The number of nitrogens with zero attached hydrogens (tertiary/aromatic N) is 1. The number of rotatable bonds is 4. The number of thioether (sulfide) groups is 1. The summed E-state index contributed by atoms with van der Waals surface area (Å²) in [6.07, 6.45) is 1.26. The van der Waals surface area contributed by atoms with Crippen LogP contribution in [-0.4, -0.2) is 35.2 Å². The average Bonchev–Trinajstić information content (AvgIpc) is 2.72. The number of hydrogen-bond donors (Lipinski definition) is 2. The quantitative estimate of drug-likeness (QED) is 0.868. The predicted molar refractivity (Wildman–Crippen MR) is 73.0 cm³/mol. The normalized spacial score (nSPS) is 19.8. The molecule has 1 atom stereocenters. The number of anilines is 1. The lowest BCUT2D eigenvalue weighted by Crippen LogP contribution is -2.40. The molecule has 1 unspecified atom stereocenters. The van der Waals surface area contributed by atoms with Gasteiger partial charge in [0.1, 0.15) is 11.4 Å². The molecular weight excluding hydrogens is 250 g/mol. The molecule has 18 heavy (non-hydrogen) atoms. The summed E-state index contributed by atoms with van der Waals surface area (Å²) in [5.74, 6) is 2.82. The third kappa shape index (κ3) is 3.26. The van der Waals surface area contributed by atoms with Gasteiger partial charge in [0.05, 0.1) is 0 Å². The zero-order valence-corrected chi connectivity index (χ0v) is 11.6. The summed E-state index contributed by atoms with van der Waals surface area (Å²) < 4.78 is 5.09. The molecule has 0 aliphatic carbocycles. The fourth-order valence-corrected chi connectivity index (χ4v) is 2.93. The van der Waals surface area contributed by atoms with E-state index in [1.54, 1.807) is 0 Å². The Morgan fingerprint density at radius 1 is 1.67 bits per heavy atom. The second kappa shape index (κ2) is 6.24. The Labute approximate surface area is 111 Å². The van der Waals surface area contributed by atoms with Crippen LogP contribution in [0.2, 0.25) is 0 Å². The molecule has 0 spiro atoms. The molecule has 1 fully saturated rings. The van der Waals surface area contributed by atoms with E-state index in [9.17, 15) is 4.79 Å². The van der Waals surface area contributed by atoms with Crippen molar-refractivity contribution in [1.29, 1.82) is 0 Å². The largest absolute Gasteiger partial charge is 0.359 e. The Bertz CT molecular complexity index is 413. The Balaban J connectivity index is 1.91. The van der Waals surface area contributed by atoms with E-state index in [2.05, 4.69) is 15.8 Å². The smallest absolute Gasteiger partial charge is 0.226 e. The van der Waals surface area contributed by atoms with Crippen molar-refractivity contribution in [1.82, 2.24) is 10.5 Å². The second-order valence-corrected chi connectivity index (χ2v) is 5.54. The summed E-state index contributed by atoms with van der Waals surface area (Å²) in [4.78, 5) is 12.0. The SMILES string of the molecule is CCc1noc(C)c1NC(=O)CC1CSCCN1. The van der Waals surface area contributed by atoms with Crippen molar-refractivity contribution in [2.75, 3.05) is 23.4 Å². The summed E-state index contributed by atoms with van der Waals surface area (Å²) in [6, 6.07) is 0.272. The van der Waals surface area contributed by atoms with Gasteiger partial charge in [-0.25, -0.2) is 0 Å². The van der Waals surface area contributed by atoms with Gasteiger partial charge in [0.25, 0.3) is 0 Å². The fraction of sp³-hybridized carbons (Fsp3) is 0.667. The van der Waals surface area contributed by atoms with Gasteiger partial charge in [-0.05, 0) is 13.3 Å². The van der Waals surface area contributed by atoms with Gasteiger partial charge in [0, 0.05) is 30.5 Å². The first kappa shape index (κ1) is 13.4. The molecule has 1 aliphatic rings. The van der Waals surface area contributed by atoms with Crippen LogP contribution in [0.15, 0.2) is 4.52 Å². The van der Waals surface area contributed by atoms with Crippen molar-refractivity contribution < 1.29 is 9.32 Å². The number of carbonyl (C=O) groups excluding carboxylic acids is 1. The minimum atomic E-state index is 0.0241. The molecule has 0 bridgehead atoms. The molecule has 0 radical (unpaired) electrons. The van der Waals surface area contributed by atoms with Crippen molar-refractivity contribution >= 4 is 23.4 Å². The summed E-state index contributed by atoms with van der Waals surface area (Å²) in [5, 5.41) is 10.2. The maximum absolute atomic E-state index is 12.0. The van der Waals surface area contributed by atoms with Crippen LogP contribution in [0.5, 0.6) is 0 Å². The van der Waals surface area contributed by atoms with Gasteiger partial charge in [-0.3, -0.25) is 4.79 Å². The molecule has 1 aliphatic heterocycles. The molecule has 5 nitrogen and oxygen atoms in total. The maximum Gasteiger partial charge on any atom is 0.226 e. The van der Waals surface area contributed by atoms with E-state index in [0.717, 1.165) is 35.9 Å². The minimum Gasteiger partial charge on any atom is -0.359 e. The molecule has 0 saturated carbocycles. The summed E-state index contributed by atoms with van der Waals surface area (Å²) in [7, 11) is 0. The minimum absolute atomic E-state index is 0.0241. The second-order valence-electron chi connectivity index (χ2n) is 4.39. The Hall–Kier alpha value is -1.01. The summed E-state index contributed by atoms with van der Waals surface area (Å²) >= 11 is 1.89. The highest BCUT2D eigenvalue weighted by atomic mass is 32.2. The van der Waals surface area contributed by atoms with E-state index in [0.29, 0.717) is 12.2 Å². The van der Waals surface area contributed by atoms with Gasteiger partial charge in [0.2, 0.25) is 5.91 Å². The van der Waals surface area contributed by atoms with E-state index in [4.69, 9.17) is 4.52 Å². The molecule has 6 heteroatoms. The lowest BCUT2D eigenvalue weighted by molar-refractivity contribution is -0.116. The maximum atomic E-state index is 12.0. The highest BCUT2D eigenvalue weighted by Crippen LogP contribution is 2.21. The van der Waals surface area contributed by atoms with Crippen LogP contribution in [-0.2, 0) is 11.2 Å². The highest BCUT2D eigenvalue weighted by Gasteiger charge is 2.19. The van der Waals surface area contributed by atoms with E-state index in [-0.39, 0.29) is 11.9 Å². The number of aryl methyl sites for hydroxylation is 2. The molecule has 1 amide bonds. The Morgan fingerprint density at radius 2 is 2.50 bits per heavy atom. The van der Waals surface area contributed by atoms with Gasteiger partial charge in [-0.2, -0.15) is 11.8 Å².